The summed E-state index contributed by atoms with van der Waals surface area (Å²) in [5.74, 6) is -1.59. The van der Waals surface area contributed by atoms with Gasteiger partial charge in [-0.15, -0.1) is 0 Å². The first-order valence-corrected chi connectivity index (χ1v) is 16.2. The Bertz CT molecular complexity index is 1390. The van der Waals surface area contributed by atoms with Crippen LogP contribution in [0.5, 0.6) is 0 Å². The highest BCUT2D eigenvalue weighted by atomic mass is 16.6. The summed E-state index contributed by atoms with van der Waals surface area (Å²) >= 11 is 0. The average molecular weight is 636 g/mol. The molecule has 0 spiro atoms. The molecule has 3 rings (SSSR count). The molecule has 0 heterocycles. The number of esters is 1. The van der Waals surface area contributed by atoms with Gasteiger partial charge in [-0.2, -0.15) is 0 Å². The first kappa shape index (κ1) is 36.6. The molecule has 2 aromatic rings. The molecule has 1 aliphatic rings. The Balaban J connectivity index is 2.09. The van der Waals surface area contributed by atoms with Gasteiger partial charge >= 0.3 is 12.1 Å². The molecule has 1 fully saturated rings. The Morgan fingerprint density at radius 3 is 1.98 bits per heavy atom. The maximum atomic E-state index is 14.6. The number of nitrogens with zero attached hydrogens (tertiary/aromatic N) is 1. The Labute approximate surface area is 274 Å². The molecule has 0 saturated heterocycles. The highest BCUT2D eigenvalue weighted by Gasteiger charge is 2.49. The number of hydrogen-bond donors (Lipinski definition) is 2. The molecule has 1 saturated carbocycles. The minimum Gasteiger partial charge on any atom is -0.458 e. The molecule has 46 heavy (non-hydrogen) atoms. The number of alkyl carbamates (subject to hydrolysis) is 1. The zero-order valence-electron chi connectivity index (χ0n) is 29.4. The molecule has 0 radical (unpaired) electrons. The number of amides is 3. The summed E-state index contributed by atoms with van der Waals surface area (Å²) in [5.41, 5.74) is 1.83. The van der Waals surface area contributed by atoms with Crippen LogP contribution in [0.4, 0.5) is 4.79 Å². The van der Waals surface area contributed by atoms with Crippen molar-refractivity contribution in [3.05, 3.63) is 70.8 Å². The lowest BCUT2D eigenvalue weighted by Crippen LogP contribution is -2.57. The van der Waals surface area contributed by atoms with Gasteiger partial charge in [-0.3, -0.25) is 9.59 Å². The maximum absolute atomic E-state index is 14.6. The van der Waals surface area contributed by atoms with Crippen molar-refractivity contribution in [1.29, 1.82) is 0 Å². The molecule has 0 bridgehead atoms. The van der Waals surface area contributed by atoms with Gasteiger partial charge < -0.3 is 25.0 Å². The van der Waals surface area contributed by atoms with Gasteiger partial charge in [-0.25, -0.2) is 9.59 Å². The van der Waals surface area contributed by atoms with Crippen LogP contribution in [0, 0.1) is 25.7 Å². The van der Waals surface area contributed by atoms with E-state index in [-0.39, 0.29) is 30.2 Å². The normalized spacial score (nSPS) is 18.2. The second kappa shape index (κ2) is 14.7. The first-order valence-electron chi connectivity index (χ1n) is 16.2. The van der Waals surface area contributed by atoms with Gasteiger partial charge in [0.25, 0.3) is 0 Å². The summed E-state index contributed by atoms with van der Waals surface area (Å²) in [6.45, 7) is 20.2. The van der Waals surface area contributed by atoms with Crippen LogP contribution in [-0.2, 0) is 30.3 Å². The standard InChI is InChI=1S/C37H53N3O6/c1-22(2)30(39-35(44)46-37(9,10)11)33(42)40(29-20-25(29)5)31(27-18-17-23(3)19-24(27)4)32(41)38-28(34(43)45-36(6,7)8)21-26-15-13-12-14-16-26/h12-19,22,25,28-31H,20-21H2,1-11H3,(H,38,41)(H,39,44). The average Bonchev–Trinajstić information content (AvgIpc) is 3.64. The first-order chi connectivity index (χ1) is 21.3. The van der Waals surface area contributed by atoms with Crippen molar-refractivity contribution in [2.75, 3.05) is 0 Å². The van der Waals surface area contributed by atoms with Crippen LogP contribution < -0.4 is 10.6 Å². The monoisotopic (exact) mass is 635 g/mol. The van der Waals surface area contributed by atoms with E-state index in [0.717, 1.165) is 16.7 Å². The summed E-state index contributed by atoms with van der Waals surface area (Å²) in [6.07, 6.45) is 0.213. The lowest BCUT2D eigenvalue weighted by Gasteiger charge is -2.37. The predicted octanol–water partition coefficient (Wildman–Crippen LogP) is 6.20. The molecule has 0 aliphatic heterocycles. The number of rotatable bonds is 11. The number of carbonyl (C=O) groups is 4. The predicted molar refractivity (Wildman–Crippen MR) is 179 cm³/mol. The van der Waals surface area contributed by atoms with Gasteiger partial charge in [-0.05, 0) is 90.3 Å². The number of ether oxygens (including phenoxy) is 2. The molecular formula is C37H53N3O6. The van der Waals surface area contributed by atoms with E-state index in [2.05, 4.69) is 10.6 Å². The van der Waals surface area contributed by atoms with E-state index < -0.39 is 47.3 Å². The summed E-state index contributed by atoms with van der Waals surface area (Å²) < 4.78 is 11.2. The van der Waals surface area contributed by atoms with Crippen molar-refractivity contribution in [3.8, 4) is 0 Å². The Morgan fingerprint density at radius 1 is 0.891 bits per heavy atom. The Kier molecular flexibility index (Phi) is 11.7. The molecule has 9 nitrogen and oxygen atoms in total. The molecule has 3 amide bonds. The topological polar surface area (TPSA) is 114 Å². The summed E-state index contributed by atoms with van der Waals surface area (Å²) in [6, 6.07) is 11.9. The molecule has 9 heteroatoms. The van der Waals surface area contributed by atoms with Crippen molar-refractivity contribution in [2.45, 2.75) is 124 Å². The molecule has 0 aromatic heterocycles. The zero-order chi connectivity index (χ0) is 34.6. The van der Waals surface area contributed by atoms with Crippen molar-refractivity contribution in [2.24, 2.45) is 11.8 Å². The third-order valence-electron chi connectivity index (χ3n) is 7.82. The number of aryl methyl sites for hydroxylation is 2. The molecule has 2 aromatic carbocycles. The van der Waals surface area contributed by atoms with Crippen LogP contribution in [-0.4, -0.2) is 58.1 Å². The van der Waals surface area contributed by atoms with Gasteiger partial charge in [0.15, 0.2) is 0 Å². The Hall–Kier alpha value is -3.88. The lowest BCUT2D eigenvalue weighted by molar-refractivity contribution is -0.159. The van der Waals surface area contributed by atoms with Crippen LogP contribution in [0.1, 0.15) is 97.0 Å². The van der Waals surface area contributed by atoms with Crippen LogP contribution in [0.2, 0.25) is 0 Å². The van der Waals surface area contributed by atoms with E-state index in [4.69, 9.17) is 9.47 Å². The fraction of sp³-hybridized carbons (Fsp3) is 0.568. The fourth-order valence-corrected chi connectivity index (χ4v) is 5.50. The Morgan fingerprint density at radius 2 is 1.48 bits per heavy atom. The third kappa shape index (κ3) is 10.3. The summed E-state index contributed by atoms with van der Waals surface area (Å²) in [5, 5.41) is 5.76. The van der Waals surface area contributed by atoms with Crippen molar-refractivity contribution in [1.82, 2.24) is 15.5 Å². The highest BCUT2D eigenvalue weighted by molar-refractivity contribution is 5.94. The number of carbonyl (C=O) groups excluding carboxylic acids is 4. The quantitative estimate of drug-likeness (QED) is 0.284. The SMILES string of the molecule is Cc1ccc(C(C(=O)NC(Cc2ccccc2)C(=O)OC(C)(C)C)N(C(=O)C(NC(=O)OC(C)(C)C)C(C)C)C2CC2C)c(C)c1. The lowest BCUT2D eigenvalue weighted by atomic mass is 9.94. The van der Waals surface area contributed by atoms with Crippen LogP contribution in [0.3, 0.4) is 0 Å². The minimum absolute atomic E-state index is 0.144. The third-order valence-corrected chi connectivity index (χ3v) is 7.82. The van der Waals surface area contributed by atoms with E-state index >= 15 is 0 Å². The van der Waals surface area contributed by atoms with Crippen molar-refractivity contribution >= 4 is 23.9 Å². The van der Waals surface area contributed by atoms with Gasteiger partial charge in [0.2, 0.25) is 11.8 Å². The maximum Gasteiger partial charge on any atom is 0.408 e. The fourth-order valence-electron chi connectivity index (χ4n) is 5.50. The van der Waals surface area contributed by atoms with Crippen LogP contribution >= 0.6 is 0 Å². The number of hydrogen-bond acceptors (Lipinski definition) is 6. The molecule has 2 N–H and O–H groups in total. The smallest absolute Gasteiger partial charge is 0.408 e. The highest BCUT2D eigenvalue weighted by Crippen LogP contribution is 2.42. The van der Waals surface area contributed by atoms with E-state index in [9.17, 15) is 19.2 Å². The van der Waals surface area contributed by atoms with Crippen LogP contribution in [0.15, 0.2) is 48.5 Å². The van der Waals surface area contributed by atoms with Gasteiger partial charge in [0.1, 0.15) is 29.3 Å². The van der Waals surface area contributed by atoms with E-state index in [1.807, 2.05) is 83.1 Å². The minimum atomic E-state index is -1.06. The van der Waals surface area contributed by atoms with E-state index in [1.165, 1.54) is 0 Å². The molecule has 5 unspecified atom stereocenters. The zero-order valence-corrected chi connectivity index (χ0v) is 29.4. The molecule has 5 atom stereocenters. The van der Waals surface area contributed by atoms with Crippen molar-refractivity contribution < 1.29 is 28.7 Å². The molecule has 252 valence electrons. The molecule has 1 aliphatic carbocycles. The van der Waals surface area contributed by atoms with Gasteiger partial charge in [-0.1, -0.05) is 74.9 Å². The number of benzene rings is 2. The van der Waals surface area contributed by atoms with E-state index in [0.29, 0.717) is 12.0 Å². The van der Waals surface area contributed by atoms with Gasteiger partial charge in [0, 0.05) is 12.5 Å². The van der Waals surface area contributed by atoms with Gasteiger partial charge in [0.05, 0.1) is 0 Å². The van der Waals surface area contributed by atoms with Crippen molar-refractivity contribution in [3.63, 3.8) is 0 Å². The summed E-state index contributed by atoms with van der Waals surface area (Å²) in [7, 11) is 0. The van der Waals surface area contributed by atoms with Crippen LogP contribution in [0.25, 0.3) is 0 Å². The van der Waals surface area contributed by atoms with E-state index in [1.54, 1.807) is 46.4 Å². The second-order valence-corrected chi connectivity index (χ2v) is 14.9. The molecular weight excluding hydrogens is 582 g/mol. The summed E-state index contributed by atoms with van der Waals surface area (Å²) in [4.78, 5) is 57.2. The number of nitrogens with one attached hydrogen (secondary N) is 2. The second-order valence-electron chi connectivity index (χ2n) is 14.9. The largest absolute Gasteiger partial charge is 0.458 e.